The Morgan fingerprint density at radius 3 is 2.61 bits per heavy atom. The Balaban J connectivity index is 2.88. The van der Waals surface area contributed by atoms with Crippen molar-refractivity contribution in [1.29, 1.82) is 0 Å². The van der Waals surface area contributed by atoms with Crippen molar-refractivity contribution in [3.05, 3.63) is 0 Å². The molecule has 0 fully saturated rings. The summed E-state index contributed by atoms with van der Waals surface area (Å²) in [6, 6.07) is 0. The van der Waals surface area contributed by atoms with E-state index in [4.69, 9.17) is 10.5 Å². The van der Waals surface area contributed by atoms with Gasteiger partial charge in [0.1, 0.15) is 9.90 Å². The lowest BCUT2D eigenvalue weighted by Gasteiger charge is -2.25. The summed E-state index contributed by atoms with van der Waals surface area (Å²) in [5.41, 5.74) is 5.19. The van der Waals surface area contributed by atoms with Crippen LogP contribution in [0.5, 0.6) is 0 Å². The van der Waals surface area contributed by atoms with E-state index in [1.165, 1.54) is 0 Å². The van der Waals surface area contributed by atoms with Crippen molar-refractivity contribution in [1.82, 2.24) is 4.37 Å². The van der Waals surface area contributed by atoms with E-state index in [9.17, 15) is 8.42 Å². The first-order valence-electron chi connectivity index (χ1n) is 5.50. The van der Waals surface area contributed by atoms with Crippen molar-refractivity contribution in [3.63, 3.8) is 0 Å². The zero-order valence-corrected chi connectivity index (χ0v) is 12.6. The molecule has 0 saturated carbocycles. The smallest absolute Gasteiger partial charge is 0.182 e. The van der Waals surface area contributed by atoms with E-state index in [1.54, 1.807) is 0 Å². The Kier molecular flexibility index (Phi) is 4.57. The molecule has 0 saturated heterocycles. The van der Waals surface area contributed by atoms with Crippen molar-refractivity contribution >= 4 is 32.2 Å². The Morgan fingerprint density at radius 2 is 2.11 bits per heavy atom. The second kappa shape index (κ2) is 5.41. The quantitative estimate of drug-likeness (QED) is 0.822. The summed E-state index contributed by atoms with van der Waals surface area (Å²) in [6.07, 6.45) is 1.12. The second-order valence-corrected chi connectivity index (χ2v) is 7.27. The Hall–Kier alpha value is -0.860. The van der Waals surface area contributed by atoms with Crippen molar-refractivity contribution in [2.24, 2.45) is 0 Å². The van der Waals surface area contributed by atoms with Gasteiger partial charge in [-0.2, -0.15) is 4.37 Å². The topological polar surface area (TPSA) is 94.3 Å². The van der Waals surface area contributed by atoms with E-state index >= 15 is 0 Å². The lowest BCUT2D eigenvalue weighted by atomic mass is 10.1. The molecule has 0 amide bonds. The number of nitrogens with one attached hydrogen (secondary N) is 1. The second-order valence-electron chi connectivity index (χ2n) is 4.54. The maximum atomic E-state index is 11.6. The van der Waals surface area contributed by atoms with Crippen LogP contribution < -0.4 is 11.1 Å². The summed E-state index contributed by atoms with van der Waals surface area (Å²) < 4.78 is 32.6. The number of nitrogen functional groups attached to an aromatic ring is 1. The largest absolute Gasteiger partial charge is 0.382 e. The predicted molar refractivity (Wildman–Crippen MR) is 73.8 cm³/mol. The number of nitrogens with zero attached hydrogens (tertiary/aromatic N) is 1. The van der Waals surface area contributed by atoms with Crippen LogP contribution in [0, 0.1) is 0 Å². The predicted octanol–water partition coefficient (Wildman–Crippen LogP) is 1.36. The van der Waals surface area contributed by atoms with Crippen LogP contribution in [0.25, 0.3) is 0 Å². The van der Waals surface area contributed by atoms with Gasteiger partial charge in [-0.3, -0.25) is 0 Å². The van der Waals surface area contributed by atoms with E-state index in [0.717, 1.165) is 17.8 Å². The lowest BCUT2D eigenvalue weighted by Crippen LogP contribution is -2.33. The molecule has 0 aromatic carbocycles. The fraction of sp³-hybridized carbons (Fsp3) is 0.700. The fourth-order valence-electron chi connectivity index (χ4n) is 1.50. The van der Waals surface area contributed by atoms with E-state index < -0.39 is 9.84 Å². The summed E-state index contributed by atoms with van der Waals surface area (Å²) >= 11 is 1.04. The molecule has 1 aromatic rings. The van der Waals surface area contributed by atoms with Gasteiger partial charge in [0.05, 0.1) is 5.60 Å². The molecule has 0 atom stereocenters. The number of hydrogen-bond donors (Lipinski definition) is 2. The summed E-state index contributed by atoms with van der Waals surface area (Å²) in [7, 11) is -3.38. The molecule has 1 heterocycles. The highest BCUT2D eigenvalue weighted by Gasteiger charge is 2.24. The third kappa shape index (κ3) is 3.82. The highest BCUT2D eigenvalue weighted by molar-refractivity contribution is 7.91. The maximum Gasteiger partial charge on any atom is 0.182 e. The molecule has 1 rings (SSSR count). The lowest BCUT2D eigenvalue weighted by molar-refractivity contribution is 0.000712. The summed E-state index contributed by atoms with van der Waals surface area (Å²) in [5.74, 6) is 0.0409. The van der Waals surface area contributed by atoms with Gasteiger partial charge in [-0.05, 0) is 32.3 Å². The molecule has 0 spiro atoms. The number of ether oxygens (including phenoxy) is 1. The van der Waals surface area contributed by atoms with E-state index in [-0.39, 0.29) is 16.3 Å². The van der Waals surface area contributed by atoms with Crippen LogP contribution in [0.15, 0.2) is 4.90 Å². The van der Waals surface area contributed by atoms with Crippen LogP contribution in [-0.4, -0.2) is 37.8 Å². The minimum absolute atomic E-state index is 0.0409. The molecule has 104 valence electrons. The summed E-state index contributed by atoms with van der Waals surface area (Å²) in [4.78, 5) is 0.0693. The standard InChI is InChI=1S/C10H19N3O3S2/c1-5-16-10(2,3)6-12-9-7(18(4,14)15)8(11)13-17-9/h12H,5-6H2,1-4H3,(H2,11,13). The first-order chi connectivity index (χ1) is 8.17. The van der Waals surface area contributed by atoms with Crippen molar-refractivity contribution in [2.45, 2.75) is 31.3 Å². The maximum absolute atomic E-state index is 11.6. The number of hydrogen-bond acceptors (Lipinski definition) is 7. The summed E-state index contributed by atoms with van der Waals surface area (Å²) in [6.45, 7) is 6.83. The van der Waals surface area contributed by atoms with Crippen LogP contribution in [0.4, 0.5) is 10.8 Å². The van der Waals surface area contributed by atoms with E-state index in [0.29, 0.717) is 18.2 Å². The van der Waals surface area contributed by atoms with Gasteiger partial charge in [0.25, 0.3) is 0 Å². The van der Waals surface area contributed by atoms with Gasteiger partial charge in [-0.25, -0.2) is 8.42 Å². The molecular formula is C10H19N3O3S2. The van der Waals surface area contributed by atoms with E-state index in [1.807, 2.05) is 20.8 Å². The first kappa shape index (κ1) is 15.2. The molecule has 0 aliphatic rings. The molecule has 0 radical (unpaired) electrons. The van der Waals surface area contributed by atoms with Gasteiger partial charge in [-0.1, -0.05) is 0 Å². The van der Waals surface area contributed by atoms with Crippen LogP contribution in [0.1, 0.15) is 20.8 Å². The van der Waals surface area contributed by atoms with Crippen molar-refractivity contribution in [3.8, 4) is 0 Å². The van der Waals surface area contributed by atoms with Crippen LogP contribution in [0.2, 0.25) is 0 Å². The van der Waals surface area contributed by atoms with Crippen LogP contribution in [0.3, 0.4) is 0 Å². The normalized spacial score (nSPS) is 12.7. The third-order valence-corrected chi connectivity index (χ3v) is 4.36. The number of rotatable bonds is 6. The highest BCUT2D eigenvalue weighted by Crippen LogP contribution is 2.31. The Morgan fingerprint density at radius 1 is 1.50 bits per heavy atom. The molecule has 3 N–H and O–H groups in total. The zero-order chi connectivity index (χ0) is 14.0. The number of anilines is 2. The Bertz CT molecular complexity index is 508. The van der Waals surface area contributed by atoms with Gasteiger partial charge < -0.3 is 15.8 Å². The molecule has 18 heavy (non-hydrogen) atoms. The molecule has 0 bridgehead atoms. The number of aromatic nitrogens is 1. The number of nitrogens with two attached hydrogens (primary N) is 1. The zero-order valence-electron chi connectivity index (χ0n) is 11.0. The minimum Gasteiger partial charge on any atom is -0.382 e. The first-order valence-corrected chi connectivity index (χ1v) is 8.17. The van der Waals surface area contributed by atoms with Gasteiger partial charge in [-0.15, -0.1) is 0 Å². The van der Waals surface area contributed by atoms with Crippen molar-refractivity contribution in [2.75, 3.05) is 30.5 Å². The molecule has 0 aliphatic heterocycles. The van der Waals surface area contributed by atoms with Crippen LogP contribution >= 0.6 is 11.5 Å². The fourth-order valence-corrected chi connectivity index (χ4v) is 3.56. The highest BCUT2D eigenvalue weighted by atomic mass is 32.2. The average Bonchev–Trinajstić information content (AvgIpc) is 2.56. The third-order valence-electron chi connectivity index (χ3n) is 2.25. The molecule has 6 nitrogen and oxygen atoms in total. The monoisotopic (exact) mass is 293 g/mol. The van der Waals surface area contributed by atoms with Gasteiger partial charge in [0, 0.05) is 19.4 Å². The Labute approximate surface area is 112 Å². The SMILES string of the molecule is CCOC(C)(C)CNc1snc(N)c1S(C)(=O)=O. The molecule has 1 aromatic heterocycles. The van der Waals surface area contributed by atoms with Gasteiger partial charge in [0.15, 0.2) is 15.7 Å². The van der Waals surface area contributed by atoms with Crippen LogP contribution in [-0.2, 0) is 14.6 Å². The molecule has 8 heteroatoms. The molecule has 0 aliphatic carbocycles. The van der Waals surface area contributed by atoms with Gasteiger partial charge >= 0.3 is 0 Å². The molecule has 0 unspecified atom stereocenters. The van der Waals surface area contributed by atoms with Gasteiger partial charge in [0.2, 0.25) is 0 Å². The summed E-state index contributed by atoms with van der Waals surface area (Å²) in [5, 5.41) is 3.50. The average molecular weight is 293 g/mol. The van der Waals surface area contributed by atoms with E-state index in [2.05, 4.69) is 9.69 Å². The van der Waals surface area contributed by atoms with Crippen molar-refractivity contribution < 1.29 is 13.2 Å². The molecular weight excluding hydrogens is 274 g/mol. The number of sulfone groups is 1. The minimum atomic E-state index is -3.38.